The van der Waals surface area contributed by atoms with Gasteiger partial charge in [0.15, 0.2) is 0 Å². The van der Waals surface area contributed by atoms with Gasteiger partial charge in [-0.25, -0.2) is 4.98 Å². The van der Waals surface area contributed by atoms with E-state index >= 15 is 0 Å². The highest BCUT2D eigenvalue weighted by atomic mass is 79.9. The van der Waals surface area contributed by atoms with E-state index in [2.05, 4.69) is 49.7 Å². The molecule has 1 saturated heterocycles. The molecule has 0 bridgehead atoms. The Morgan fingerprint density at radius 1 is 1.06 bits per heavy atom. The van der Waals surface area contributed by atoms with Crippen molar-refractivity contribution in [3.63, 3.8) is 0 Å². The van der Waals surface area contributed by atoms with E-state index in [1.54, 1.807) is 17.4 Å². The molecule has 33 heavy (non-hydrogen) atoms. The Balaban J connectivity index is 0.00000259. The van der Waals surface area contributed by atoms with Crippen LogP contribution in [0.15, 0.2) is 71.2 Å². The van der Waals surface area contributed by atoms with Crippen LogP contribution >= 0.6 is 39.7 Å². The summed E-state index contributed by atoms with van der Waals surface area (Å²) in [5, 5.41) is 7.37. The number of halogens is 2. The van der Waals surface area contributed by atoms with E-state index in [0.717, 1.165) is 59.0 Å². The lowest BCUT2D eigenvalue weighted by Crippen LogP contribution is -2.42. The average Bonchev–Trinajstić information content (AvgIpc) is 3.23. The van der Waals surface area contributed by atoms with E-state index in [9.17, 15) is 4.79 Å². The van der Waals surface area contributed by atoms with Crippen molar-refractivity contribution in [3.8, 4) is 10.6 Å². The number of carbonyl (C=O) groups is 1. The number of nitrogens with zero attached hydrogens (tertiary/aromatic N) is 2. The van der Waals surface area contributed by atoms with Gasteiger partial charge < -0.3 is 10.6 Å². The van der Waals surface area contributed by atoms with E-state index in [-0.39, 0.29) is 18.3 Å². The van der Waals surface area contributed by atoms with Crippen LogP contribution in [-0.4, -0.2) is 42.0 Å². The number of hydrogen-bond donors (Lipinski definition) is 2. The molecule has 0 spiro atoms. The van der Waals surface area contributed by atoms with Gasteiger partial charge in [-0.2, -0.15) is 0 Å². The summed E-state index contributed by atoms with van der Waals surface area (Å²) >= 11 is 5.09. The van der Waals surface area contributed by atoms with Crippen LogP contribution in [0.2, 0.25) is 0 Å². The van der Waals surface area contributed by atoms with Gasteiger partial charge >= 0.3 is 0 Å². The van der Waals surface area contributed by atoms with Gasteiger partial charge in [0.05, 0.1) is 15.9 Å². The largest absolute Gasteiger partial charge is 0.321 e. The standard InChI is InChI=1S/C25H23BrN4OS.ClH/c26-19-5-3-4-18(15-19)24(31)28-21-7-2-1-6-20(21)25-29-22-9-8-17(14-23(22)32-25)16-30-12-10-27-11-13-30;/h1-9,14-15,27H,10-13,16H2,(H,28,31);1H. The van der Waals surface area contributed by atoms with Gasteiger partial charge in [0, 0.05) is 48.3 Å². The Morgan fingerprint density at radius 3 is 2.70 bits per heavy atom. The second kappa shape index (κ2) is 10.8. The summed E-state index contributed by atoms with van der Waals surface area (Å²) in [7, 11) is 0. The number of nitrogens with one attached hydrogen (secondary N) is 2. The fraction of sp³-hybridized carbons (Fsp3) is 0.200. The molecular weight excluding hydrogens is 520 g/mol. The number of thiazole rings is 1. The molecule has 5 nitrogen and oxygen atoms in total. The zero-order valence-corrected chi connectivity index (χ0v) is 21.1. The normalized spacial score (nSPS) is 14.1. The second-order valence-electron chi connectivity index (χ2n) is 7.86. The van der Waals surface area contributed by atoms with Gasteiger partial charge in [-0.15, -0.1) is 23.7 Å². The predicted molar refractivity (Wildman–Crippen MR) is 143 cm³/mol. The molecule has 0 aliphatic carbocycles. The average molecular weight is 544 g/mol. The summed E-state index contributed by atoms with van der Waals surface area (Å²) in [5.74, 6) is -0.141. The highest BCUT2D eigenvalue weighted by molar-refractivity contribution is 9.10. The Hall–Kier alpha value is -2.29. The van der Waals surface area contributed by atoms with Crippen LogP contribution in [0, 0.1) is 0 Å². The minimum absolute atomic E-state index is 0. The van der Waals surface area contributed by atoms with Crippen LogP contribution in [0.1, 0.15) is 15.9 Å². The van der Waals surface area contributed by atoms with Crippen molar-refractivity contribution in [1.82, 2.24) is 15.2 Å². The van der Waals surface area contributed by atoms with Crippen molar-refractivity contribution in [2.45, 2.75) is 6.54 Å². The zero-order chi connectivity index (χ0) is 21.9. The summed E-state index contributed by atoms with van der Waals surface area (Å²) in [6.07, 6.45) is 0. The third-order valence-electron chi connectivity index (χ3n) is 5.56. The first kappa shape index (κ1) is 23.9. The molecule has 2 heterocycles. The number of piperazine rings is 1. The van der Waals surface area contributed by atoms with Crippen molar-refractivity contribution in [2.75, 3.05) is 31.5 Å². The zero-order valence-electron chi connectivity index (χ0n) is 17.9. The number of carbonyl (C=O) groups excluding carboxylic acids is 1. The number of anilines is 1. The molecule has 1 amide bonds. The molecule has 5 rings (SSSR count). The second-order valence-corrected chi connectivity index (χ2v) is 9.80. The van der Waals surface area contributed by atoms with Crippen molar-refractivity contribution < 1.29 is 4.79 Å². The molecule has 0 radical (unpaired) electrons. The van der Waals surface area contributed by atoms with E-state index < -0.39 is 0 Å². The van der Waals surface area contributed by atoms with Gasteiger partial charge in [0.25, 0.3) is 5.91 Å². The number of amides is 1. The molecule has 8 heteroatoms. The first-order valence-corrected chi connectivity index (χ1v) is 12.3. The fourth-order valence-corrected chi connectivity index (χ4v) is 5.38. The third-order valence-corrected chi connectivity index (χ3v) is 7.11. The quantitative estimate of drug-likeness (QED) is 0.334. The lowest BCUT2D eigenvalue weighted by Gasteiger charge is -2.27. The van der Waals surface area contributed by atoms with Gasteiger partial charge in [0.1, 0.15) is 5.01 Å². The third kappa shape index (κ3) is 5.62. The Bertz CT molecular complexity index is 1270. The highest BCUT2D eigenvalue weighted by Crippen LogP contribution is 2.35. The number of aromatic nitrogens is 1. The summed E-state index contributed by atoms with van der Waals surface area (Å²) in [6.45, 7) is 5.23. The van der Waals surface area contributed by atoms with Crippen LogP contribution in [0.3, 0.4) is 0 Å². The maximum absolute atomic E-state index is 12.8. The first-order valence-electron chi connectivity index (χ1n) is 10.6. The van der Waals surface area contributed by atoms with Gasteiger partial charge in [-0.05, 0) is 48.0 Å². The smallest absolute Gasteiger partial charge is 0.255 e. The molecule has 0 saturated carbocycles. The maximum atomic E-state index is 12.8. The molecule has 4 aromatic rings. The number of fused-ring (bicyclic) bond motifs is 1. The molecule has 0 atom stereocenters. The molecule has 0 unspecified atom stereocenters. The molecular formula is C25H24BrClN4OS. The number of rotatable bonds is 5. The predicted octanol–water partition coefficient (Wildman–Crippen LogP) is 5.81. The summed E-state index contributed by atoms with van der Waals surface area (Å²) < 4.78 is 2.04. The molecule has 3 aromatic carbocycles. The number of hydrogen-bond acceptors (Lipinski definition) is 5. The molecule has 2 N–H and O–H groups in total. The number of benzene rings is 3. The molecule has 1 fully saturated rings. The van der Waals surface area contributed by atoms with Crippen molar-refractivity contribution in [3.05, 3.63) is 82.3 Å². The summed E-state index contributed by atoms with van der Waals surface area (Å²) in [5.41, 5.74) is 4.60. The minimum Gasteiger partial charge on any atom is -0.321 e. The van der Waals surface area contributed by atoms with Gasteiger partial charge in [0.2, 0.25) is 0 Å². The first-order chi connectivity index (χ1) is 15.7. The van der Waals surface area contributed by atoms with Gasteiger partial charge in [-0.1, -0.05) is 40.2 Å². The topological polar surface area (TPSA) is 57.3 Å². The van der Waals surface area contributed by atoms with Gasteiger partial charge in [-0.3, -0.25) is 9.69 Å². The lowest BCUT2D eigenvalue weighted by molar-refractivity contribution is 0.102. The van der Waals surface area contributed by atoms with Crippen molar-refractivity contribution in [2.24, 2.45) is 0 Å². The fourth-order valence-electron chi connectivity index (χ4n) is 3.91. The molecule has 1 aromatic heterocycles. The summed E-state index contributed by atoms with van der Waals surface area (Å²) in [6, 6.07) is 21.8. The Morgan fingerprint density at radius 2 is 1.88 bits per heavy atom. The van der Waals surface area contributed by atoms with Crippen LogP contribution < -0.4 is 10.6 Å². The Kier molecular flexibility index (Phi) is 7.78. The molecule has 1 aliphatic heterocycles. The Labute approximate surface area is 211 Å². The minimum atomic E-state index is -0.141. The van der Waals surface area contributed by atoms with E-state index in [4.69, 9.17) is 4.98 Å². The molecule has 1 aliphatic rings. The number of para-hydroxylation sites is 1. The van der Waals surface area contributed by atoms with Crippen molar-refractivity contribution in [1.29, 1.82) is 0 Å². The van der Waals surface area contributed by atoms with E-state index in [0.29, 0.717) is 5.56 Å². The van der Waals surface area contributed by atoms with Crippen LogP contribution in [0.4, 0.5) is 5.69 Å². The van der Waals surface area contributed by atoms with Crippen molar-refractivity contribution >= 4 is 61.5 Å². The lowest BCUT2D eigenvalue weighted by atomic mass is 10.1. The maximum Gasteiger partial charge on any atom is 0.255 e. The van der Waals surface area contributed by atoms with Crippen LogP contribution in [0.5, 0.6) is 0 Å². The molecule has 170 valence electrons. The SMILES string of the molecule is Cl.O=C(Nc1ccccc1-c1nc2ccc(CN3CCNCC3)cc2s1)c1cccc(Br)c1. The summed E-state index contributed by atoms with van der Waals surface area (Å²) in [4.78, 5) is 20.1. The van der Waals surface area contributed by atoms with Crippen LogP contribution in [0.25, 0.3) is 20.8 Å². The van der Waals surface area contributed by atoms with E-state index in [1.807, 2.05) is 42.5 Å². The monoisotopic (exact) mass is 542 g/mol. The van der Waals surface area contributed by atoms with E-state index in [1.165, 1.54) is 10.3 Å². The van der Waals surface area contributed by atoms with Crippen LogP contribution in [-0.2, 0) is 6.54 Å². The highest BCUT2D eigenvalue weighted by Gasteiger charge is 2.15.